The van der Waals surface area contributed by atoms with Gasteiger partial charge in [-0.05, 0) is 12.8 Å². The van der Waals surface area contributed by atoms with E-state index in [-0.39, 0.29) is 0 Å². The molecule has 0 unspecified atom stereocenters. The first-order chi connectivity index (χ1) is 10.2. The van der Waals surface area contributed by atoms with Gasteiger partial charge in [-0.2, -0.15) is 5.10 Å². The molecule has 2 aromatic rings. The summed E-state index contributed by atoms with van der Waals surface area (Å²) in [5.41, 5.74) is 2.04. The lowest BCUT2D eigenvalue weighted by Gasteiger charge is -2.10. The largest absolute Gasteiger partial charge is 0.370 e. The van der Waals surface area contributed by atoms with Crippen LogP contribution in [-0.2, 0) is 19.9 Å². The van der Waals surface area contributed by atoms with Gasteiger partial charge < -0.3 is 10.6 Å². The molecule has 0 saturated heterocycles. The van der Waals surface area contributed by atoms with Crippen LogP contribution in [-0.4, -0.2) is 26.3 Å². The van der Waals surface area contributed by atoms with Gasteiger partial charge >= 0.3 is 0 Å². The monoisotopic (exact) mass is 288 g/mol. The highest BCUT2D eigenvalue weighted by molar-refractivity contribution is 5.60. The summed E-state index contributed by atoms with van der Waals surface area (Å²) in [7, 11) is 1.93. The fourth-order valence-corrected chi connectivity index (χ4v) is 2.10. The van der Waals surface area contributed by atoms with Crippen molar-refractivity contribution >= 4 is 17.3 Å². The molecular weight excluding hydrogens is 264 g/mol. The molecule has 0 fully saturated rings. The van der Waals surface area contributed by atoms with Crippen molar-refractivity contribution in [2.75, 3.05) is 17.2 Å². The number of hydrogen-bond acceptors (Lipinski definition) is 5. The normalized spacial score (nSPS) is 10.7. The van der Waals surface area contributed by atoms with Gasteiger partial charge in [0.25, 0.3) is 0 Å². The van der Waals surface area contributed by atoms with Crippen LogP contribution in [0, 0.1) is 0 Å². The van der Waals surface area contributed by atoms with E-state index in [2.05, 4.69) is 46.5 Å². The Morgan fingerprint density at radius 2 is 1.86 bits per heavy atom. The number of aromatic nitrogens is 4. The number of anilines is 3. The topological polar surface area (TPSA) is 67.7 Å². The SMILES string of the molecule is CCCNc1cc(Nc2cn(C)nc2CC)nc(CC)n1. The summed E-state index contributed by atoms with van der Waals surface area (Å²) in [6.45, 7) is 7.20. The lowest BCUT2D eigenvalue weighted by molar-refractivity contribution is 0.746. The van der Waals surface area contributed by atoms with Crippen LogP contribution < -0.4 is 10.6 Å². The van der Waals surface area contributed by atoms with Crippen LogP contribution in [0.3, 0.4) is 0 Å². The first kappa shape index (κ1) is 15.3. The molecule has 6 heteroatoms. The molecule has 0 bridgehead atoms. The van der Waals surface area contributed by atoms with Crippen molar-refractivity contribution < 1.29 is 0 Å². The average Bonchev–Trinajstić information content (AvgIpc) is 2.84. The highest BCUT2D eigenvalue weighted by atomic mass is 15.3. The van der Waals surface area contributed by atoms with Gasteiger partial charge in [0.15, 0.2) is 0 Å². The lowest BCUT2D eigenvalue weighted by atomic mass is 10.3. The van der Waals surface area contributed by atoms with E-state index < -0.39 is 0 Å². The van der Waals surface area contributed by atoms with Gasteiger partial charge in [0.05, 0.1) is 11.4 Å². The Morgan fingerprint density at radius 3 is 2.52 bits per heavy atom. The minimum atomic E-state index is 0.808. The molecule has 0 aliphatic rings. The minimum Gasteiger partial charge on any atom is -0.370 e. The summed E-state index contributed by atoms with van der Waals surface area (Å²) in [6, 6.07) is 1.95. The summed E-state index contributed by atoms with van der Waals surface area (Å²) in [5.74, 6) is 2.51. The first-order valence-electron chi connectivity index (χ1n) is 7.57. The van der Waals surface area contributed by atoms with Crippen molar-refractivity contribution in [3.05, 3.63) is 23.8 Å². The van der Waals surface area contributed by atoms with Crippen molar-refractivity contribution in [3.8, 4) is 0 Å². The number of aryl methyl sites for hydroxylation is 3. The summed E-state index contributed by atoms with van der Waals surface area (Å²) in [6.07, 6.45) is 4.74. The van der Waals surface area contributed by atoms with Crippen LogP contribution in [0.25, 0.3) is 0 Å². The van der Waals surface area contributed by atoms with Crippen LogP contribution in [0.2, 0.25) is 0 Å². The minimum absolute atomic E-state index is 0.808. The fraction of sp³-hybridized carbons (Fsp3) is 0.533. The zero-order valence-corrected chi connectivity index (χ0v) is 13.3. The zero-order valence-electron chi connectivity index (χ0n) is 13.3. The van der Waals surface area contributed by atoms with E-state index >= 15 is 0 Å². The summed E-state index contributed by atoms with van der Waals surface area (Å²) in [5, 5.41) is 11.1. The van der Waals surface area contributed by atoms with Crippen molar-refractivity contribution in [1.29, 1.82) is 0 Å². The average molecular weight is 288 g/mol. The Balaban J connectivity index is 2.25. The standard InChI is InChI=1S/C15H24N6/c1-5-8-16-14-9-15(19-13(7-3)18-14)17-12-10-21(4)20-11(12)6-2/h9-10H,5-8H2,1-4H3,(H2,16,17,18,19). The maximum atomic E-state index is 4.54. The van der Waals surface area contributed by atoms with Gasteiger partial charge in [0.1, 0.15) is 17.5 Å². The molecule has 6 nitrogen and oxygen atoms in total. The first-order valence-corrected chi connectivity index (χ1v) is 7.57. The number of nitrogens with zero attached hydrogens (tertiary/aromatic N) is 4. The Kier molecular flexibility index (Phi) is 5.14. The zero-order chi connectivity index (χ0) is 15.2. The van der Waals surface area contributed by atoms with Crippen molar-refractivity contribution in [1.82, 2.24) is 19.7 Å². The van der Waals surface area contributed by atoms with E-state index in [1.54, 1.807) is 0 Å². The van der Waals surface area contributed by atoms with Gasteiger partial charge in [-0.15, -0.1) is 0 Å². The van der Waals surface area contributed by atoms with Crippen LogP contribution in [0.1, 0.15) is 38.7 Å². The number of rotatable bonds is 7. The molecule has 0 aromatic carbocycles. The van der Waals surface area contributed by atoms with Crippen LogP contribution in [0.4, 0.5) is 17.3 Å². The molecule has 0 atom stereocenters. The maximum absolute atomic E-state index is 4.54. The molecule has 0 amide bonds. The molecular formula is C15H24N6. The summed E-state index contributed by atoms with van der Waals surface area (Å²) < 4.78 is 1.82. The summed E-state index contributed by atoms with van der Waals surface area (Å²) in [4.78, 5) is 9.04. The molecule has 2 N–H and O–H groups in total. The Labute approximate surface area is 126 Å². The molecule has 21 heavy (non-hydrogen) atoms. The Bertz CT molecular complexity index is 590. The smallest absolute Gasteiger partial charge is 0.136 e. The van der Waals surface area contributed by atoms with E-state index in [0.29, 0.717) is 0 Å². The third-order valence-electron chi connectivity index (χ3n) is 3.15. The quantitative estimate of drug-likeness (QED) is 0.820. The molecule has 114 valence electrons. The van der Waals surface area contributed by atoms with Crippen LogP contribution in [0.5, 0.6) is 0 Å². The third kappa shape index (κ3) is 3.93. The second kappa shape index (κ2) is 7.06. The second-order valence-corrected chi connectivity index (χ2v) is 4.98. The van der Waals surface area contributed by atoms with Crippen LogP contribution in [0.15, 0.2) is 12.3 Å². The molecule has 0 aliphatic heterocycles. The van der Waals surface area contributed by atoms with Gasteiger partial charge in [-0.1, -0.05) is 20.8 Å². The Hall–Kier alpha value is -2.11. The fourth-order valence-electron chi connectivity index (χ4n) is 2.10. The Morgan fingerprint density at radius 1 is 1.10 bits per heavy atom. The van der Waals surface area contributed by atoms with Crippen LogP contribution >= 0.6 is 0 Å². The van der Waals surface area contributed by atoms with E-state index in [1.165, 1.54) is 0 Å². The highest BCUT2D eigenvalue weighted by Crippen LogP contribution is 2.21. The van der Waals surface area contributed by atoms with E-state index in [0.717, 1.165) is 54.6 Å². The van der Waals surface area contributed by atoms with Gasteiger partial charge in [-0.25, -0.2) is 9.97 Å². The predicted molar refractivity (Wildman–Crippen MR) is 86.1 cm³/mol. The third-order valence-corrected chi connectivity index (χ3v) is 3.15. The molecule has 0 radical (unpaired) electrons. The van der Waals surface area contributed by atoms with E-state index in [9.17, 15) is 0 Å². The molecule has 2 aromatic heterocycles. The van der Waals surface area contributed by atoms with Gasteiger partial charge in [0.2, 0.25) is 0 Å². The van der Waals surface area contributed by atoms with Crippen molar-refractivity contribution in [3.63, 3.8) is 0 Å². The predicted octanol–water partition coefficient (Wildman–Crippen LogP) is 2.90. The molecule has 0 aliphatic carbocycles. The van der Waals surface area contributed by atoms with Crippen molar-refractivity contribution in [2.45, 2.75) is 40.0 Å². The van der Waals surface area contributed by atoms with E-state index in [1.807, 2.05) is 24.0 Å². The van der Waals surface area contributed by atoms with Gasteiger partial charge in [-0.3, -0.25) is 4.68 Å². The maximum Gasteiger partial charge on any atom is 0.136 e. The number of hydrogen-bond donors (Lipinski definition) is 2. The molecule has 0 spiro atoms. The molecule has 2 heterocycles. The molecule has 0 saturated carbocycles. The lowest BCUT2D eigenvalue weighted by Crippen LogP contribution is -2.07. The highest BCUT2D eigenvalue weighted by Gasteiger charge is 2.09. The summed E-state index contributed by atoms with van der Waals surface area (Å²) >= 11 is 0. The molecule has 2 rings (SSSR count). The van der Waals surface area contributed by atoms with E-state index in [4.69, 9.17) is 0 Å². The number of nitrogens with one attached hydrogen (secondary N) is 2. The second-order valence-electron chi connectivity index (χ2n) is 4.98. The van der Waals surface area contributed by atoms with Crippen molar-refractivity contribution in [2.24, 2.45) is 7.05 Å². The van der Waals surface area contributed by atoms with Gasteiger partial charge in [0, 0.05) is 32.3 Å².